The maximum absolute atomic E-state index is 9.21. The quantitative estimate of drug-likeness (QED) is 0.539. The number of benzene rings is 1. The van der Waals surface area contributed by atoms with Crippen LogP contribution in [0.5, 0.6) is 0 Å². The first kappa shape index (κ1) is 19.4. The zero-order valence-corrected chi connectivity index (χ0v) is 16.7. The Kier molecular flexibility index (Phi) is 6.73. The molecule has 0 saturated carbocycles. The summed E-state index contributed by atoms with van der Waals surface area (Å²) in [7, 11) is 0. The van der Waals surface area contributed by atoms with Crippen LogP contribution in [0.3, 0.4) is 0 Å². The third kappa shape index (κ3) is 4.87. The summed E-state index contributed by atoms with van der Waals surface area (Å²) in [6, 6.07) is 9.63. The lowest BCUT2D eigenvalue weighted by molar-refractivity contribution is 0.210. The molecule has 0 radical (unpaired) electrons. The maximum atomic E-state index is 9.21. The average Bonchev–Trinajstić information content (AvgIpc) is 3.26. The van der Waals surface area contributed by atoms with Gasteiger partial charge in [0.2, 0.25) is 5.89 Å². The van der Waals surface area contributed by atoms with Crippen molar-refractivity contribution in [1.82, 2.24) is 9.88 Å². The average molecular weight is 411 g/mol. The number of rotatable bonds is 8. The molecule has 0 unspecified atom stereocenters. The molecule has 0 amide bonds. The van der Waals surface area contributed by atoms with E-state index in [2.05, 4.69) is 9.88 Å². The summed E-state index contributed by atoms with van der Waals surface area (Å²) in [5.74, 6) is 1.47. The highest BCUT2D eigenvalue weighted by Gasteiger charge is 2.16. The van der Waals surface area contributed by atoms with Crippen molar-refractivity contribution in [2.75, 3.05) is 13.2 Å². The van der Waals surface area contributed by atoms with Crippen LogP contribution in [-0.4, -0.2) is 28.1 Å². The van der Waals surface area contributed by atoms with Gasteiger partial charge in [-0.25, -0.2) is 4.98 Å². The topological polar surface area (TPSA) is 49.5 Å². The Morgan fingerprint density at radius 2 is 2.04 bits per heavy atom. The number of thiophene rings is 1. The Bertz CT molecular complexity index is 849. The molecular weight excluding hydrogens is 391 g/mol. The summed E-state index contributed by atoms with van der Waals surface area (Å²) in [5.41, 5.74) is 1.98. The molecule has 0 aliphatic carbocycles. The molecule has 2 heterocycles. The van der Waals surface area contributed by atoms with E-state index in [1.54, 1.807) is 17.4 Å². The van der Waals surface area contributed by atoms with Crippen LogP contribution in [0.25, 0.3) is 10.8 Å². The molecule has 0 bridgehead atoms. The summed E-state index contributed by atoms with van der Waals surface area (Å²) >= 11 is 13.7. The van der Waals surface area contributed by atoms with Crippen molar-refractivity contribution < 1.29 is 9.52 Å². The van der Waals surface area contributed by atoms with Crippen molar-refractivity contribution in [3.8, 4) is 10.8 Å². The highest BCUT2D eigenvalue weighted by molar-refractivity contribution is 7.13. The van der Waals surface area contributed by atoms with Crippen LogP contribution in [0.4, 0.5) is 0 Å². The number of hydrogen-bond acceptors (Lipinski definition) is 5. The van der Waals surface area contributed by atoms with E-state index in [9.17, 15) is 5.11 Å². The maximum Gasteiger partial charge on any atom is 0.236 e. The van der Waals surface area contributed by atoms with Gasteiger partial charge < -0.3 is 9.52 Å². The smallest absolute Gasteiger partial charge is 0.236 e. The fourth-order valence-electron chi connectivity index (χ4n) is 2.70. The number of nitrogens with zero attached hydrogens (tertiary/aromatic N) is 2. The highest BCUT2D eigenvalue weighted by Crippen LogP contribution is 2.27. The summed E-state index contributed by atoms with van der Waals surface area (Å²) in [5, 5.41) is 12.3. The van der Waals surface area contributed by atoms with Gasteiger partial charge in [0.05, 0.1) is 20.6 Å². The zero-order chi connectivity index (χ0) is 18.5. The van der Waals surface area contributed by atoms with E-state index in [0.29, 0.717) is 35.4 Å². The van der Waals surface area contributed by atoms with Gasteiger partial charge in [0.25, 0.3) is 0 Å². The van der Waals surface area contributed by atoms with Gasteiger partial charge in [-0.1, -0.05) is 35.3 Å². The van der Waals surface area contributed by atoms with E-state index in [0.717, 1.165) is 28.4 Å². The third-order valence-corrected chi connectivity index (χ3v) is 5.62. The van der Waals surface area contributed by atoms with E-state index >= 15 is 0 Å². The van der Waals surface area contributed by atoms with Gasteiger partial charge in [0.15, 0.2) is 0 Å². The molecule has 0 fully saturated rings. The van der Waals surface area contributed by atoms with Gasteiger partial charge >= 0.3 is 0 Å². The molecule has 0 saturated heterocycles. The van der Waals surface area contributed by atoms with Crippen LogP contribution >= 0.6 is 34.5 Å². The fraction of sp³-hybridized carbons (Fsp3) is 0.316. The second-order valence-electron chi connectivity index (χ2n) is 6.04. The van der Waals surface area contributed by atoms with Gasteiger partial charge in [0, 0.05) is 26.2 Å². The molecule has 7 heteroatoms. The van der Waals surface area contributed by atoms with E-state index in [1.807, 2.05) is 36.6 Å². The van der Waals surface area contributed by atoms with Crippen LogP contribution in [-0.2, 0) is 13.1 Å². The largest absolute Gasteiger partial charge is 0.440 e. The second-order valence-corrected chi connectivity index (χ2v) is 7.80. The molecule has 26 heavy (non-hydrogen) atoms. The molecule has 4 nitrogen and oxygen atoms in total. The first-order valence-electron chi connectivity index (χ1n) is 8.34. The van der Waals surface area contributed by atoms with Crippen molar-refractivity contribution in [2.24, 2.45) is 0 Å². The van der Waals surface area contributed by atoms with Crippen LogP contribution in [0.1, 0.15) is 23.4 Å². The molecule has 0 spiro atoms. The molecule has 0 aliphatic heterocycles. The Morgan fingerprint density at radius 3 is 2.73 bits per heavy atom. The highest BCUT2D eigenvalue weighted by atomic mass is 35.5. The summed E-state index contributed by atoms with van der Waals surface area (Å²) < 4.78 is 5.83. The minimum absolute atomic E-state index is 0.149. The van der Waals surface area contributed by atoms with Crippen LogP contribution in [0.2, 0.25) is 10.0 Å². The number of aromatic nitrogens is 1. The monoisotopic (exact) mass is 410 g/mol. The van der Waals surface area contributed by atoms with Crippen molar-refractivity contribution in [3.05, 3.63) is 62.8 Å². The predicted octanol–water partition coefficient (Wildman–Crippen LogP) is 5.40. The summed E-state index contributed by atoms with van der Waals surface area (Å²) in [4.78, 5) is 7.91. The third-order valence-electron chi connectivity index (χ3n) is 4.02. The van der Waals surface area contributed by atoms with Gasteiger partial charge in [0.1, 0.15) is 5.76 Å². The molecule has 3 aromatic rings. The van der Waals surface area contributed by atoms with Gasteiger partial charge in [-0.2, -0.15) is 0 Å². The molecular formula is C19H20Cl2N2O2S. The van der Waals surface area contributed by atoms with E-state index in [1.165, 1.54) is 0 Å². The predicted molar refractivity (Wildman–Crippen MR) is 107 cm³/mol. The normalized spacial score (nSPS) is 11.4. The lowest BCUT2D eigenvalue weighted by Gasteiger charge is -2.21. The van der Waals surface area contributed by atoms with Gasteiger partial charge in [-0.15, -0.1) is 11.3 Å². The zero-order valence-electron chi connectivity index (χ0n) is 14.4. The fourth-order valence-corrected chi connectivity index (χ4v) is 3.67. The first-order valence-corrected chi connectivity index (χ1v) is 9.97. The molecule has 0 atom stereocenters. The molecule has 0 aliphatic rings. The first-order chi connectivity index (χ1) is 12.6. The van der Waals surface area contributed by atoms with Gasteiger partial charge in [-0.3, -0.25) is 4.90 Å². The number of aliphatic hydroxyl groups is 1. The summed E-state index contributed by atoms with van der Waals surface area (Å²) in [6.45, 7) is 4.16. The van der Waals surface area contributed by atoms with Crippen LogP contribution < -0.4 is 0 Å². The Morgan fingerprint density at radius 1 is 1.19 bits per heavy atom. The number of oxazole rings is 1. The minimum Gasteiger partial charge on any atom is -0.440 e. The molecule has 1 N–H and O–H groups in total. The standard InChI is InChI=1S/C19H20Cl2N2O2S/c1-13-17(22-19(25-13)18-4-2-9-26-18)12-23(7-3-8-24)11-14-5-6-15(20)16(21)10-14/h2,4-6,9-10,24H,3,7-8,11-12H2,1H3. The SMILES string of the molecule is Cc1oc(-c2cccs2)nc1CN(CCCO)Cc1ccc(Cl)c(Cl)c1. The van der Waals surface area contributed by atoms with E-state index < -0.39 is 0 Å². The number of aliphatic hydroxyl groups excluding tert-OH is 1. The van der Waals surface area contributed by atoms with Crippen LogP contribution in [0.15, 0.2) is 40.1 Å². The van der Waals surface area contributed by atoms with E-state index in [-0.39, 0.29) is 6.61 Å². The molecule has 138 valence electrons. The van der Waals surface area contributed by atoms with Crippen molar-refractivity contribution in [3.63, 3.8) is 0 Å². The van der Waals surface area contributed by atoms with E-state index in [4.69, 9.17) is 27.6 Å². The molecule has 1 aromatic carbocycles. The Labute approximate surface area is 167 Å². The Hall–Kier alpha value is -1.37. The second kappa shape index (κ2) is 9.02. The van der Waals surface area contributed by atoms with Crippen molar-refractivity contribution in [1.29, 1.82) is 0 Å². The molecule has 3 rings (SSSR count). The number of halogens is 2. The summed E-state index contributed by atoms with van der Waals surface area (Å²) in [6.07, 6.45) is 0.690. The van der Waals surface area contributed by atoms with Crippen LogP contribution in [0, 0.1) is 6.92 Å². The number of hydrogen-bond donors (Lipinski definition) is 1. The van der Waals surface area contributed by atoms with Crippen molar-refractivity contribution >= 4 is 34.5 Å². The van der Waals surface area contributed by atoms with Crippen molar-refractivity contribution in [2.45, 2.75) is 26.4 Å². The lowest BCUT2D eigenvalue weighted by Crippen LogP contribution is -2.25. The molecule has 2 aromatic heterocycles. The van der Waals surface area contributed by atoms with Gasteiger partial charge in [-0.05, 0) is 42.5 Å². The lowest BCUT2D eigenvalue weighted by atomic mass is 10.2. The Balaban J connectivity index is 1.76. The number of aryl methyl sites for hydroxylation is 1. The minimum atomic E-state index is 0.149.